The molecule has 128 valence electrons. The Hall–Kier alpha value is -2.34. The van der Waals surface area contributed by atoms with Gasteiger partial charge in [-0.1, -0.05) is 37.3 Å². The second-order valence-electron chi connectivity index (χ2n) is 5.65. The van der Waals surface area contributed by atoms with E-state index in [0.717, 1.165) is 11.6 Å². The highest BCUT2D eigenvalue weighted by Crippen LogP contribution is 2.26. The Morgan fingerprint density at radius 2 is 1.71 bits per heavy atom. The van der Waals surface area contributed by atoms with Crippen LogP contribution >= 0.6 is 0 Å². The molecule has 0 heterocycles. The lowest BCUT2D eigenvalue weighted by molar-refractivity contribution is -0.137. The first-order chi connectivity index (χ1) is 11.4. The first-order valence-electron chi connectivity index (χ1n) is 7.52. The molecule has 0 radical (unpaired) electrons. The fourth-order valence-corrected chi connectivity index (χ4v) is 2.56. The van der Waals surface area contributed by atoms with Gasteiger partial charge in [0.15, 0.2) is 11.6 Å². The summed E-state index contributed by atoms with van der Waals surface area (Å²) in [6.45, 7) is 1.97. The summed E-state index contributed by atoms with van der Waals surface area (Å²) in [5.41, 5.74) is 0.881. The predicted octanol–water partition coefficient (Wildman–Crippen LogP) is 3.84. The van der Waals surface area contributed by atoms with E-state index in [-0.39, 0.29) is 12.0 Å². The van der Waals surface area contributed by atoms with Gasteiger partial charge >= 0.3 is 5.97 Å². The van der Waals surface area contributed by atoms with Gasteiger partial charge in [0, 0.05) is 18.7 Å². The van der Waals surface area contributed by atoms with Crippen LogP contribution in [-0.2, 0) is 11.3 Å². The van der Waals surface area contributed by atoms with Crippen LogP contribution in [0.1, 0.15) is 30.4 Å². The monoisotopic (exact) mass is 337 g/mol. The van der Waals surface area contributed by atoms with Gasteiger partial charge in [0.1, 0.15) is 5.82 Å². The third-order valence-corrected chi connectivity index (χ3v) is 3.94. The molecule has 2 rings (SSSR count). The number of halogens is 3. The minimum absolute atomic E-state index is 0.0549. The van der Waals surface area contributed by atoms with E-state index in [1.54, 1.807) is 6.92 Å². The summed E-state index contributed by atoms with van der Waals surface area (Å²) in [6.07, 6.45) is -0.271. The van der Waals surface area contributed by atoms with Gasteiger partial charge in [-0.2, -0.15) is 0 Å². The standard InChI is InChI=1S/C18H18F3NO2/c1-11(13-7-15(20)16(21)8-14(13)19)17(9-18(23)24)22-10-12-5-3-2-4-6-12/h2-8,11,17,22H,9-10H2,1H3,(H,23,24). The first kappa shape index (κ1) is 18.0. The Kier molecular flexibility index (Phi) is 5.98. The molecule has 2 aromatic carbocycles. The lowest BCUT2D eigenvalue weighted by Gasteiger charge is -2.25. The van der Waals surface area contributed by atoms with Crippen LogP contribution in [0.5, 0.6) is 0 Å². The van der Waals surface area contributed by atoms with Crippen LogP contribution in [0.4, 0.5) is 13.2 Å². The summed E-state index contributed by atoms with van der Waals surface area (Å²) in [6, 6.07) is 9.93. The average Bonchev–Trinajstić information content (AvgIpc) is 2.55. The van der Waals surface area contributed by atoms with Crippen LogP contribution in [0.15, 0.2) is 42.5 Å². The van der Waals surface area contributed by atoms with E-state index in [0.29, 0.717) is 12.6 Å². The van der Waals surface area contributed by atoms with Gasteiger partial charge in [-0.3, -0.25) is 4.79 Å². The summed E-state index contributed by atoms with van der Waals surface area (Å²) in [5, 5.41) is 12.1. The van der Waals surface area contributed by atoms with Crippen molar-refractivity contribution in [3.8, 4) is 0 Å². The first-order valence-corrected chi connectivity index (χ1v) is 7.52. The van der Waals surface area contributed by atoms with Crippen LogP contribution in [0.2, 0.25) is 0 Å². The molecule has 6 heteroatoms. The van der Waals surface area contributed by atoms with Crippen LogP contribution in [0.25, 0.3) is 0 Å². The van der Waals surface area contributed by atoms with E-state index in [2.05, 4.69) is 5.32 Å². The smallest absolute Gasteiger partial charge is 0.304 e. The number of rotatable bonds is 7. The van der Waals surface area contributed by atoms with E-state index in [1.165, 1.54) is 0 Å². The maximum absolute atomic E-state index is 14.0. The Labute approximate surface area is 138 Å². The van der Waals surface area contributed by atoms with E-state index in [4.69, 9.17) is 5.11 Å². The SMILES string of the molecule is CC(c1cc(F)c(F)cc1F)C(CC(=O)O)NCc1ccccc1. The molecule has 0 saturated carbocycles. The molecule has 2 atom stereocenters. The van der Waals surface area contributed by atoms with Gasteiger partial charge in [-0.05, 0) is 23.1 Å². The lowest BCUT2D eigenvalue weighted by atomic mass is 9.90. The third-order valence-electron chi connectivity index (χ3n) is 3.94. The van der Waals surface area contributed by atoms with E-state index in [9.17, 15) is 18.0 Å². The van der Waals surface area contributed by atoms with Crippen LogP contribution in [0, 0.1) is 17.5 Å². The van der Waals surface area contributed by atoms with Crippen molar-refractivity contribution < 1.29 is 23.1 Å². The van der Waals surface area contributed by atoms with Crippen LogP contribution < -0.4 is 5.32 Å². The highest BCUT2D eigenvalue weighted by molar-refractivity contribution is 5.67. The predicted molar refractivity (Wildman–Crippen MR) is 84.1 cm³/mol. The van der Waals surface area contributed by atoms with Gasteiger partial charge in [-0.15, -0.1) is 0 Å². The second-order valence-corrected chi connectivity index (χ2v) is 5.65. The van der Waals surface area contributed by atoms with E-state index in [1.807, 2.05) is 30.3 Å². The molecule has 24 heavy (non-hydrogen) atoms. The molecule has 2 aromatic rings. The maximum atomic E-state index is 14.0. The summed E-state index contributed by atoms with van der Waals surface area (Å²) in [7, 11) is 0. The van der Waals surface area contributed by atoms with E-state index < -0.39 is 35.4 Å². The number of carboxylic acids is 1. The summed E-state index contributed by atoms with van der Waals surface area (Å²) in [4.78, 5) is 11.1. The summed E-state index contributed by atoms with van der Waals surface area (Å²) in [5.74, 6) is -5.03. The molecule has 0 aliphatic rings. The molecule has 0 aromatic heterocycles. The number of benzene rings is 2. The second kappa shape index (κ2) is 7.97. The Balaban J connectivity index is 2.20. The largest absolute Gasteiger partial charge is 0.481 e. The number of hydrogen-bond acceptors (Lipinski definition) is 2. The van der Waals surface area contributed by atoms with Crippen molar-refractivity contribution in [3.05, 3.63) is 71.0 Å². The van der Waals surface area contributed by atoms with Crippen molar-refractivity contribution in [3.63, 3.8) is 0 Å². The molecule has 2 N–H and O–H groups in total. The van der Waals surface area contributed by atoms with Gasteiger partial charge in [-0.25, -0.2) is 13.2 Å². The molecule has 0 aliphatic heterocycles. The molecule has 0 amide bonds. The quantitative estimate of drug-likeness (QED) is 0.755. The zero-order chi connectivity index (χ0) is 17.7. The molecule has 0 saturated heterocycles. The highest BCUT2D eigenvalue weighted by atomic mass is 19.2. The zero-order valence-electron chi connectivity index (χ0n) is 13.1. The number of carboxylic acid groups (broad SMARTS) is 1. The van der Waals surface area contributed by atoms with Crippen molar-refractivity contribution >= 4 is 5.97 Å². The Morgan fingerprint density at radius 3 is 2.33 bits per heavy atom. The molecule has 0 fully saturated rings. The molecule has 0 spiro atoms. The maximum Gasteiger partial charge on any atom is 0.304 e. The summed E-state index contributed by atoms with van der Waals surface area (Å²) < 4.78 is 40.5. The fraction of sp³-hybridized carbons (Fsp3) is 0.278. The van der Waals surface area contributed by atoms with Crippen molar-refractivity contribution in [1.29, 1.82) is 0 Å². The van der Waals surface area contributed by atoms with Crippen LogP contribution in [-0.4, -0.2) is 17.1 Å². The van der Waals surface area contributed by atoms with Gasteiger partial charge in [0.25, 0.3) is 0 Å². The Morgan fingerprint density at radius 1 is 1.08 bits per heavy atom. The average molecular weight is 337 g/mol. The molecular formula is C18H18F3NO2. The number of nitrogens with one attached hydrogen (secondary N) is 1. The lowest BCUT2D eigenvalue weighted by Crippen LogP contribution is -2.36. The topological polar surface area (TPSA) is 49.3 Å². The molecule has 2 unspecified atom stereocenters. The number of hydrogen-bond donors (Lipinski definition) is 2. The Bertz CT molecular complexity index is 707. The highest BCUT2D eigenvalue weighted by Gasteiger charge is 2.25. The minimum Gasteiger partial charge on any atom is -0.481 e. The summed E-state index contributed by atoms with van der Waals surface area (Å²) >= 11 is 0. The zero-order valence-corrected chi connectivity index (χ0v) is 13.1. The van der Waals surface area contributed by atoms with Crippen molar-refractivity contribution in [1.82, 2.24) is 5.32 Å². The van der Waals surface area contributed by atoms with Gasteiger partial charge in [0.2, 0.25) is 0 Å². The minimum atomic E-state index is -1.27. The van der Waals surface area contributed by atoms with Crippen molar-refractivity contribution in [2.24, 2.45) is 0 Å². The number of carbonyl (C=O) groups is 1. The van der Waals surface area contributed by atoms with Gasteiger partial charge in [0.05, 0.1) is 6.42 Å². The van der Waals surface area contributed by atoms with E-state index >= 15 is 0 Å². The molecular weight excluding hydrogens is 319 g/mol. The van der Waals surface area contributed by atoms with Crippen molar-refractivity contribution in [2.75, 3.05) is 0 Å². The van der Waals surface area contributed by atoms with Gasteiger partial charge < -0.3 is 10.4 Å². The van der Waals surface area contributed by atoms with Crippen LogP contribution in [0.3, 0.4) is 0 Å². The van der Waals surface area contributed by atoms with Crippen molar-refractivity contribution in [2.45, 2.75) is 31.8 Å². The normalized spacial score (nSPS) is 13.5. The number of aliphatic carboxylic acids is 1. The molecule has 3 nitrogen and oxygen atoms in total. The third kappa shape index (κ3) is 4.58. The molecule has 0 bridgehead atoms. The fourth-order valence-electron chi connectivity index (χ4n) is 2.56. The molecule has 0 aliphatic carbocycles.